The van der Waals surface area contributed by atoms with Crippen LogP contribution < -0.4 is 5.32 Å². The molecule has 3 unspecified atom stereocenters. The van der Waals surface area contributed by atoms with Gasteiger partial charge in [-0.25, -0.2) is 4.98 Å². The van der Waals surface area contributed by atoms with Crippen LogP contribution in [0.4, 0.5) is 0 Å². The van der Waals surface area contributed by atoms with Crippen LogP contribution in [0.5, 0.6) is 0 Å². The number of carbonyl (C=O) groups excluding carboxylic acids is 2. The van der Waals surface area contributed by atoms with Gasteiger partial charge in [-0.1, -0.05) is 58.0 Å². The number of ketones is 1. The molecule has 4 fully saturated rings. The highest BCUT2D eigenvalue weighted by atomic mass is 16.7. The van der Waals surface area contributed by atoms with Crippen LogP contribution in [0.2, 0.25) is 0 Å². The van der Waals surface area contributed by atoms with Gasteiger partial charge in [0.15, 0.2) is 5.78 Å². The molecule has 3 aliphatic carbocycles. The number of hydrogen-bond acceptors (Lipinski definition) is 6. The van der Waals surface area contributed by atoms with Crippen molar-refractivity contribution in [2.24, 2.45) is 29.1 Å². The van der Waals surface area contributed by atoms with Crippen molar-refractivity contribution in [3.63, 3.8) is 0 Å². The molecule has 4 aliphatic rings. The lowest BCUT2D eigenvalue weighted by Crippen LogP contribution is -2.65. The molecule has 6 atom stereocenters. The minimum atomic E-state index is -0.549. The van der Waals surface area contributed by atoms with Gasteiger partial charge in [-0.05, 0) is 61.3 Å². The van der Waals surface area contributed by atoms with Gasteiger partial charge in [0, 0.05) is 24.7 Å². The van der Waals surface area contributed by atoms with E-state index >= 15 is 0 Å². The Morgan fingerprint density at radius 3 is 2.55 bits per heavy atom. The smallest absolute Gasteiger partial charge is 0.404 e. The van der Waals surface area contributed by atoms with Crippen molar-refractivity contribution in [2.75, 3.05) is 0 Å². The lowest BCUT2D eigenvalue weighted by Gasteiger charge is -2.64. The Labute approximate surface area is 226 Å². The molecule has 3 saturated carbocycles. The first kappa shape index (κ1) is 27.0. The number of nitrogens with one attached hydrogen (secondary N) is 1. The monoisotopic (exact) mass is 517 g/mol. The first-order valence-corrected chi connectivity index (χ1v) is 14.0. The normalized spacial score (nSPS) is 28.8. The maximum Gasteiger partial charge on any atom is 0.481 e. The Kier molecular flexibility index (Phi) is 7.49. The summed E-state index contributed by atoms with van der Waals surface area (Å²) in [4.78, 5) is 35.0. The Morgan fingerprint density at radius 1 is 1.13 bits per heavy atom. The summed E-state index contributed by atoms with van der Waals surface area (Å²) < 4.78 is 13.3. The number of amides is 1. The lowest BCUT2D eigenvalue weighted by atomic mass is 9.43. The fraction of sp³-hybridized carbons (Fsp3) is 0.600. The summed E-state index contributed by atoms with van der Waals surface area (Å²) in [6.07, 6.45) is 7.96. The van der Waals surface area contributed by atoms with E-state index in [2.05, 4.69) is 49.9 Å². The average molecular weight is 517 g/mol. The Balaban J connectivity index is 1.34. The molecule has 202 valence electrons. The van der Waals surface area contributed by atoms with Crippen molar-refractivity contribution < 1.29 is 18.9 Å². The van der Waals surface area contributed by atoms with Crippen LogP contribution in [-0.2, 0) is 20.5 Å². The van der Waals surface area contributed by atoms with E-state index in [1.165, 1.54) is 25.0 Å². The van der Waals surface area contributed by atoms with Crippen LogP contribution >= 0.6 is 0 Å². The molecule has 0 spiro atoms. The Hall–Kier alpha value is -2.58. The van der Waals surface area contributed by atoms with E-state index in [0.29, 0.717) is 24.2 Å². The van der Waals surface area contributed by atoms with Gasteiger partial charge in [0.1, 0.15) is 5.69 Å². The molecular formula is C30H40BN3O4. The van der Waals surface area contributed by atoms with Crippen LogP contribution in [0.3, 0.4) is 0 Å². The summed E-state index contributed by atoms with van der Waals surface area (Å²) in [6.45, 7) is 11.2. The van der Waals surface area contributed by atoms with Crippen molar-refractivity contribution in [1.82, 2.24) is 15.3 Å². The molecule has 2 aromatic rings. The van der Waals surface area contributed by atoms with E-state index in [0.717, 1.165) is 18.4 Å². The highest BCUT2D eigenvalue weighted by Gasteiger charge is 2.68. The molecule has 1 aromatic heterocycles. The van der Waals surface area contributed by atoms with Gasteiger partial charge in [0.05, 0.1) is 23.8 Å². The van der Waals surface area contributed by atoms with E-state index in [4.69, 9.17) is 9.31 Å². The highest BCUT2D eigenvalue weighted by Crippen LogP contribution is 2.65. The van der Waals surface area contributed by atoms with E-state index < -0.39 is 13.0 Å². The van der Waals surface area contributed by atoms with Gasteiger partial charge >= 0.3 is 7.12 Å². The van der Waals surface area contributed by atoms with Gasteiger partial charge in [-0.2, -0.15) is 0 Å². The standard InChI is InChI=1S/C30H40BN3O4/c1-19(2)13-27(31-37-26-17-22-16-25(29(22,3)4)30(26,5)38-31)34-28(36)21(14-20-9-7-6-8-10-20)15-24(35)23-18-32-11-12-33-23/h6-12,18-19,21-22,25-27H,13-17H2,1-5H3,(H,34,36)/t21?,22-,25-,26?,27?,30-/m0/s1. The van der Waals surface area contributed by atoms with E-state index in [9.17, 15) is 9.59 Å². The highest BCUT2D eigenvalue weighted by molar-refractivity contribution is 6.47. The van der Waals surface area contributed by atoms with Gasteiger partial charge in [-0.3, -0.25) is 14.6 Å². The molecule has 1 saturated heterocycles. The molecule has 38 heavy (non-hydrogen) atoms. The van der Waals surface area contributed by atoms with Crippen LogP contribution in [-0.4, -0.2) is 46.4 Å². The largest absolute Gasteiger partial charge is 0.481 e. The second-order valence-electron chi connectivity index (χ2n) is 12.7. The van der Waals surface area contributed by atoms with Crippen LogP contribution in [0.1, 0.15) is 76.4 Å². The predicted molar refractivity (Wildman–Crippen MR) is 146 cm³/mol. The van der Waals surface area contributed by atoms with E-state index in [1.54, 1.807) is 0 Å². The van der Waals surface area contributed by atoms with Gasteiger partial charge in [0.2, 0.25) is 5.91 Å². The van der Waals surface area contributed by atoms with Crippen LogP contribution in [0.15, 0.2) is 48.9 Å². The van der Waals surface area contributed by atoms with Gasteiger partial charge in [-0.15, -0.1) is 0 Å². The summed E-state index contributed by atoms with van der Waals surface area (Å²) in [7, 11) is -0.500. The molecule has 8 heteroatoms. The van der Waals surface area contributed by atoms with Crippen molar-refractivity contribution >= 4 is 18.8 Å². The molecular weight excluding hydrogens is 477 g/mol. The average Bonchev–Trinajstić information content (AvgIpc) is 3.26. The summed E-state index contributed by atoms with van der Waals surface area (Å²) >= 11 is 0. The predicted octanol–water partition coefficient (Wildman–Crippen LogP) is 4.71. The summed E-state index contributed by atoms with van der Waals surface area (Å²) in [5.41, 5.74) is 1.20. The zero-order valence-corrected chi connectivity index (χ0v) is 23.2. The minimum Gasteiger partial charge on any atom is -0.404 e. The third kappa shape index (κ3) is 5.17. The van der Waals surface area contributed by atoms with Crippen LogP contribution in [0.25, 0.3) is 0 Å². The topological polar surface area (TPSA) is 90.4 Å². The number of nitrogens with zero attached hydrogens (tertiary/aromatic N) is 2. The van der Waals surface area contributed by atoms with E-state index in [1.807, 2.05) is 30.3 Å². The van der Waals surface area contributed by atoms with Crippen molar-refractivity contribution in [3.05, 3.63) is 60.2 Å². The lowest BCUT2D eigenvalue weighted by molar-refractivity contribution is -0.199. The summed E-state index contributed by atoms with van der Waals surface area (Å²) in [6, 6.07) is 9.82. The SMILES string of the molecule is CC(C)CC(NC(=O)C(CC(=O)c1cnccn1)Cc1ccccc1)B1OC2C[C@@H]3C[C@@H](C3(C)C)[C@]2(C)O1. The van der Waals surface area contributed by atoms with Crippen LogP contribution in [0, 0.1) is 29.1 Å². The molecule has 1 N–H and O–H groups in total. The first-order chi connectivity index (χ1) is 18.1. The summed E-state index contributed by atoms with van der Waals surface area (Å²) in [5.74, 6) is 0.254. The van der Waals surface area contributed by atoms with Gasteiger partial charge in [0.25, 0.3) is 0 Å². The third-order valence-electron chi connectivity index (χ3n) is 9.33. The quantitative estimate of drug-likeness (QED) is 0.363. The number of hydrogen-bond donors (Lipinski definition) is 1. The maximum atomic E-state index is 13.8. The van der Waals surface area contributed by atoms with Gasteiger partial charge < -0.3 is 14.6 Å². The van der Waals surface area contributed by atoms with E-state index in [-0.39, 0.29) is 46.9 Å². The number of rotatable bonds is 10. The van der Waals surface area contributed by atoms with Crippen molar-refractivity contribution in [1.29, 1.82) is 0 Å². The maximum absolute atomic E-state index is 13.8. The molecule has 6 rings (SSSR count). The molecule has 0 radical (unpaired) electrons. The number of aromatic nitrogens is 2. The molecule has 1 aromatic carbocycles. The second kappa shape index (κ2) is 10.5. The second-order valence-corrected chi connectivity index (χ2v) is 12.7. The molecule has 1 amide bonds. The number of benzene rings is 1. The van der Waals surface area contributed by atoms with Crippen molar-refractivity contribution in [3.8, 4) is 0 Å². The number of Topliss-reactive ketones (excluding diaryl/α,β-unsaturated/α-hetero) is 1. The fourth-order valence-electron chi connectivity index (χ4n) is 7.05. The molecule has 2 bridgehead atoms. The molecule has 2 heterocycles. The fourth-order valence-corrected chi connectivity index (χ4v) is 7.05. The van der Waals surface area contributed by atoms with Crippen molar-refractivity contribution in [2.45, 2.75) is 84.4 Å². The third-order valence-corrected chi connectivity index (χ3v) is 9.33. The molecule has 1 aliphatic heterocycles. The minimum absolute atomic E-state index is 0.0502. The number of carbonyl (C=O) groups is 2. The Morgan fingerprint density at radius 2 is 1.89 bits per heavy atom. The zero-order chi connectivity index (χ0) is 27.1. The molecule has 7 nitrogen and oxygen atoms in total. The first-order valence-electron chi connectivity index (χ1n) is 14.0. The summed E-state index contributed by atoms with van der Waals surface area (Å²) in [5, 5.41) is 3.27. The Bertz CT molecular complexity index is 1140. The zero-order valence-electron chi connectivity index (χ0n) is 23.2.